The number of nitrogens with zero attached hydrogens (tertiary/aromatic N) is 3. The van der Waals surface area contributed by atoms with Crippen molar-refractivity contribution in [3.8, 4) is 5.75 Å². The molecule has 144 valence electrons. The molecule has 1 aliphatic carbocycles. The number of aromatic nitrogens is 3. The maximum atomic E-state index is 12.3. The van der Waals surface area contributed by atoms with Gasteiger partial charge in [-0.2, -0.15) is 0 Å². The van der Waals surface area contributed by atoms with E-state index in [-0.39, 0.29) is 24.4 Å². The zero-order chi connectivity index (χ0) is 19.3. The van der Waals surface area contributed by atoms with E-state index < -0.39 is 0 Å². The van der Waals surface area contributed by atoms with Crippen molar-refractivity contribution in [2.45, 2.75) is 32.2 Å². The van der Waals surface area contributed by atoms with Crippen molar-refractivity contribution in [2.24, 2.45) is 0 Å². The summed E-state index contributed by atoms with van der Waals surface area (Å²) in [5.74, 6) is 0.687. The molecule has 4 rings (SSSR count). The molecule has 7 heteroatoms. The average Bonchev–Trinajstić information content (AvgIpc) is 3.19. The summed E-state index contributed by atoms with van der Waals surface area (Å²) in [5.41, 5.74) is 3.09. The van der Waals surface area contributed by atoms with Gasteiger partial charge in [-0.1, -0.05) is 23.4 Å². The van der Waals surface area contributed by atoms with Gasteiger partial charge >= 0.3 is 0 Å². The van der Waals surface area contributed by atoms with Crippen LogP contribution in [0.25, 0.3) is 10.9 Å². The van der Waals surface area contributed by atoms with Crippen LogP contribution in [0.1, 0.15) is 24.0 Å². The second-order valence-corrected chi connectivity index (χ2v) is 6.87. The molecule has 0 saturated carbocycles. The first kappa shape index (κ1) is 18.2. The number of rotatable bonds is 7. The van der Waals surface area contributed by atoms with Gasteiger partial charge in [-0.15, -0.1) is 5.10 Å². The minimum absolute atomic E-state index is 0.153. The van der Waals surface area contributed by atoms with Gasteiger partial charge in [-0.25, -0.2) is 4.68 Å². The smallest absolute Gasteiger partial charge is 0.277 e. The van der Waals surface area contributed by atoms with Gasteiger partial charge in [0.25, 0.3) is 5.56 Å². The molecule has 1 aromatic heterocycles. The fourth-order valence-corrected chi connectivity index (χ4v) is 3.46. The zero-order valence-corrected chi connectivity index (χ0v) is 15.6. The van der Waals surface area contributed by atoms with Crippen LogP contribution >= 0.6 is 0 Å². The fourth-order valence-electron chi connectivity index (χ4n) is 3.46. The molecule has 1 aliphatic rings. The summed E-state index contributed by atoms with van der Waals surface area (Å²) in [5, 5.41) is 11.2. The maximum absolute atomic E-state index is 12.3. The topological polar surface area (TPSA) is 86.1 Å². The number of fused-ring (bicyclic) bond motifs is 2. The van der Waals surface area contributed by atoms with E-state index in [2.05, 4.69) is 27.8 Å². The van der Waals surface area contributed by atoms with Crippen LogP contribution in [0, 0.1) is 0 Å². The molecular weight excluding hydrogens is 356 g/mol. The van der Waals surface area contributed by atoms with E-state index in [9.17, 15) is 9.59 Å². The van der Waals surface area contributed by atoms with E-state index in [1.165, 1.54) is 22.2 Å². The molecule has 1 amide bonds. The van der Waals surface area contributed by atoms with Gasteiger partial charge in [-0.05, 0) is 54.7 Å². The lowest BCUT2D eigenvalue weighted by atomic mass is 10.1. The lowest BCUT2D eigenvalue weighted by Crippen LogP contribution is -2.31. The summed E-state index contributed by atoms with van der Waals surface area (Å²) in [7, 11) is 0. The fraction of sp³-hybridized carbons (Fsp3) is 0.333. The van der Waals surface area contributed by atoms with E-state index in [4.69, 9.17) is 4.74 Å². The Kier molecular flexibility index (Phi) is 5.32. The normalized spacial score (nSPS) is 12.7. The molecular formula is C21H22N4O3. The van der Waals surface area contributed by atoms with Gasteiger partial charge in [0.05, 0.1) is 18.5 Å². The molecule has 28 heavy (non-hydrogen) atoms. The maximum Gasteiger partial charge on any atom is 0.277 e. The minimum Gasteiger partial charge on any atom is -0.492 e. The van der Waals surface area contributed by atoms with Crippen molar-refractivity contribution < 1.29 is 9.53 Å². The van der Waals surface area contributed by atoms with Crippen LogP contribution < -0.4 is 15.6 Å². The number of hydrogen-bond donors (Lipinski definition) is 1. The summed E-state index contributed by atoms with van der Waals surface area (Å²) < 4.78 is 6.94. The summed E-state index contributed by atoms with van der Waals surface area (Å²) in [6.45, 7) is 1.00. The van der Waals surface area contributed by atoms with Crippen LogP contribution in [0.2, 0.25) is 0 Å². The zero-order valence-electron chi connectivity index (χ0n) is 15.6. The van der Waals surface area contributed by atoms with E-state index >= 15 is 0 Å². The number of hydrogen-bond acceptors (Lipinski definition) is 5. The number of ether oxygens (including phenoxy) is 1. The van der Waals surface area contributed by atoms with Gasteiger partial charge in [0.2, 0.25) is 5.91 Å². The molecule has 0 saturated heterocycles. The Morgan fingerprint density at radius 3 is 2.93 bits per heavy atom. The number of carbonyl (C=O) groups is 1. The summed E-state index contributed by atoms with van der Waals surface area (Å²) >= 11 is 0. The molecule has 2 aromatic carbocycles. The Morgan fingerprint density at radius 1 is 1.14 bits per heavy atom. The summed E-state index contributed by atoms with van der Waals surface area (Å²) in [6.07, 6.45) is 3.63. The van der Waals surface area contributed by atoms with Gasteiger partial charge < -0.3 is 10.1 Å². The Hall–Kier alpha value is -3.22. The second kappa shape index (κ2) is 8.21. The second-order valence-electron chi connectivity index (χ2n) is 6.87. The highest BCUT2D eigenvalue weighted by Crippen LogP contribution is 2.25. The monoisotopic (exact) mass is 378 g/mol. The van der Waals surface area contributed by atoms with E-state index in [1.807, 2.05) is 6.07 Å². The highest BCUT2D eigenvalue weighted by atomic mass is 16.5. The molecule has 0 fully saturated rings. The number of aryl methyl sites for hydroxylation is 3. The highest BCUT2D eigenvalue weighted by molar-refractivity contribution is 5.77. The third-order valence-corrected chi connectivity index (χ3v) is 4.94. The first-order valence-electron chi connectivity index (χ1n) is 9.54. The lowest BCUT2D eigenvalue weighted by Gasteiger charge is -2.09. The van der Waals surface area contributed by atoms with Crippen LogP contribution in [-0.4, -0.2) is 34.1 Å². The Labute approximate surface area is 162 Å². The lowest BCUT2D eigenvalue weighted by molar-refractivity contribution is -0.121. The van der Waals surface area contributed by atoms with Crippen molar-refractivity contribution in [1.82, 2.24) is 20.3 Å². The van der Waals surface area contributed by atoms with Gasteiger partial charge in [0, 0.05) is 6.42 Å². The Balaban J connectivity index is 1.23. The molecule has 1 heterocycles. The van der Waals surface area contributed by atoms with Crippen molar-refractivity contribution in [1.29, 1.82) is 0 Å². The summed E-state index contributed by atoms with van der Waals surface area (Å²) in [4.78, 5) is 24.4. The SMILES string of the molecule is O=C(CCn1nnc2ccccc2c1=O)NCCOc1ccc2c(c1)CCC2. The predicted molar refractivity (Wildman–Crippen MR) is 105 cm³/mol. The Morgan fingerprint density at radius 2 is 2.00 bits per heavy atom. The number of nitrogens with one attached hydrogen (secondary N) is 1. The standard InChI is InChI=1S/C21H22N4O3/c26-20(10-12-25-21(27)18-6-1-2-7-19(18)23-24-25)22-11-13-28-17-9-8-15-4-3-5-16(15)14-17/h1-2,6-9,14H,3-5,10-13H2,(H,22,26). The molecule has 0 atom stereocenters. The van der Waals surface area contributed by atoms with Crippen LogP contribution in [0.15, 0.2) is 47.3 Å². The number of carbonyl (C=O) groups excluding carboxylic acids is 1. The van der Waals surface area contributed by atoms with Crippen molar-refractivity contribution in [3.05, 3.63) is 63.9 Å². The first-order valence-corrected chi connectivity index (χ1v) is 9.54. The molecule has 3 aromatic rings. The molecule has 0 aliphatic heterocycles. The highest BCUT2D eigenvalue weighted by Gasteiger charge is 2.11. The van der Waals surface area contributed by atoms with Crippen LogP contribution in [0.3, 0.4) is 0 Å². The predicted octanol–water partition coefficient (Wildman–Crippen LogP) is 1.87. The molecule has 0 unspecified atom stereocenters. The molecule has 0 spiro atoms. The van der Waals surface area contributed by atoms with Gasteiger partial charge in [0.15, 0.2) is 0 Å². The largest absolute Gasteiger partial charge is 0.492 e. The molecule has 7 nitrogen and oxygen atoms in total. The van der Waals surface area contributed by atoms with E-state index in [0.29, 0.717) is 24.1 Å². The number of amides is 1. The van der Waals surface area contributed by atoms with Crippen molar-refractivity contribution in [2.75, 3.05) is 13.2 Å². The van der Waals surface area contributed by atoms with Crippen molar-refractivity contribution in [3.63, 3.8) is 0 Å². The molecule has 0 radical (unpaired) electrons. The van der Waals surface area contributed by atoms with Gasteiger partial charge in [-0.3, -0.25) is 9.59 Å². The van der Waals surface area contributed by atoms with Crippen molar-refractivity contribution >= 4 is 16.8 Å². The summed E-state index contributed by atoms with van der Waals surface area (Å²) in [6, 6.07) is 13.2. The third kappa shape index (κ3) is 4.03. The molecule has 1 N–H and O–H groups in total. The first-order chi connectivity index (χ1) is 13.7. The third-order valence-electron chi connectivity index (χ3n) is 4.94. The van der Waals surface area contributed by atoms with E-state index in [0.717, 1.165) is 18.6 Å². The number of benzene rings is 2. The quantitative estimate of drug-likeness (QED) is 0.634. The molecule has 0 bridgehead atoms. The van der Waals surface area contributed by atoms with Crippen LogP contribution in [0.5, 0.6) is 5.75 Å². The Bertz CT molecular complexity index is 1060. The van der Waals surface area contributed by atoms with Crippen LogP contribution in [0.4, 0.5) is 0 Å². The van der Waals surface area contributed by atoms with Crippen LogP contribution in [-0.2, 0) is 24.2 Å². The van der Waals surface area contributed by atoms with Gasteiger partial charge in [0.1, 0.15) is 17.9 Å². The van der Waals surface area contributed by atoms with E-state index in [1.54, 1.807) is 24.3 Å². The average molecular weight is 378 g/mol. The minimum atomic E-state index is -0.238.